The second-order valence-electron chi connectivity index (χ2n) is 4.87. The Bertz CT molecular complexity index is 471. The molecule has 1 aromatic rings. The van der Waals surface area contributed by atoms with Gasteiger partial charge < -0.3 is 5.73 Å². The van der Waals surface area contributed by atoms with E-state index in [1.807, 2.05) is 31.2 Å². The maximum Gasteiger partial charge on any atom is 0.150 e. The van der Waals surface area contributed by atoms with Crippen molar-refractivity contribution in [2.75, 3.05) is 18.1 Å². The normalized spacial score (nSPS) is 13.4. The van der Waals surface area contributed by atoms with Gasteiger partial charge in [-0.2, -0.15) is 0 Å². The van der Waals surface area contributed by atoms with Gasteiger partial charge >= 0.3 is 0 Å². The van der Waals surface area contributed by atoms with Crippen molar-refractivity contribution in [2.24, 2.45) is 11.7 Å². The molecule has 0 spiro atoms. The average molecular weight is 304 g/mol. The minimum Gasteiger partial charge on any atom is -0.330 e. The highest BCUT2D eigenvalue weighted by molar-refractivity contribution is 7.91. The van der Waals surface area contributed by atoms with Crippen molar-refractivity contribution < 1.29 is 8.42 Å². The zero-order valence-electron chi connectivity index (χ0n) is 11.3. The molecule has 3 nitrogen and oxygen atoms in total. The van der Waals surface area contributed by atoms with Gasteiger partial charge in [-0.15, -0.1) is 0 Å². The third-order valence-electron chi connectivity index (χ3n) is 3.12. The fraction of sp³-hybridized carbons (Fsp3) is 0.571. The Morgan fingerprint density at radius 3 is 2.37 bits per heavy atom. The minimum absolute atomic E-state index is 0.202. The summed E-state index contributed by atoms with van der Waals surface area (Å²) in [6, 6.07) is 7.62. The molecule has 0 fully saturated rings. The standard InChI is InChI=1S/C14H22ClNO2S/c1-2-8-19(17,18)9-7-13(11-16)10-12-3-5-14(15)6-4-12/h3-6,13H,2,7-11,16H2,1H3. The molecule has 0 amide bonds. The molecule has 1 aromatic carbocycles. The Hall–Kier alpha value is -0.580. The van der Waals surface area contributed by atoms with Gasteiger partial charge in [-0.3, -0.25) is 0 Å². The summed E-state index contributed by atoms with van der Waals surface area (Å²) in [4.78, 5) is 0. The van der Waals surface area contributed by atoms with E-state index in [9.17, 15) is 8.42 Å². The van der Waals surface area contributed by atoms with E-state index in [0.717, 1.165) is 12.0 Å². The summed E-state index contributed by atoms with van der Waals surface area (Å²) in [6.45, 7) is 2.38. The molecule has 2 N–H and O–H groups in total. The molecule has 1 unspecified atom stereocenters. The van der Waals surface area contributed by atoms with Crippen LogP contribution in [0.25, 0.3) is 0 Å². The van der Waals surface area contributed by atoms with Crippen LogP contribution < -0.4 is 5.73 Å². The number of hydrogen-bond acceptors (Lipinski definition) is 3. The molecular formula is C14H22ClNO2S. The zero-order chi connectivity index (χ0) is 14.3. The number of nitrogens with two attached hydrogens (primary N) is 1. The Labute approximate surface area is 121 Å². The SMILES string of the molecule is CCCS(=O)(=O)CCC(CN)Cc1ccc(Cl)cc1. The van der Waals surface area contributed by atoms with Crippen molar-refractivity contribution in [3.8, 4) is 0 Å². The highest BCUT2D eigenvalue weighted by Crippen LogP contribution is 2.16. The van der Waals surface area contributed by atoms with Gasteiger partial charge in [-0.1, -0.05) is 30.7 Å². The van der Waals surface area contributed by atoms with Gasteiger partial charge in [0.15, 0.2) is 0 Å². The van der Waals surface area contributed by atoms with Gasteiger partial charge in [-0.05, 0) is 49.4 Å². The second-order valence-corrected chi connectivity index (χ2v) is 7.61. The molecule has 0 aliphatic rings. The van der Waals surface area contributed by atoms with Gasteiger partial charge in [0.2, 0.25) is 0 Å². The van der Waals surface area contributed by atoms with Crippen molar-refractivity contribution in [2.45, 2.75) is 26.2 Å². The lowest BCUT2D eigenvalue weighted by atomic mass is 9.97. The van der Waals surface area contributed by atoms with Gasteiger partial charge in [0.1, 0.15) is 9.84 Å². The number of rotatable bonds is 8. The zero-order valence-corrected chi connectivity index (χ0v) is 12.9. The second kappa shape index (κ2) is 7.88. The van der Waals surface area contributed by atoms with E-state index in [1.54, 1.807) is 0 Å². The van der Waals surface area contributed by atoms with Crippen LogP contribution in [0.5, 0.6) is 0 Å². The molecule has 0 saturated carbocycles. The van der Waals surface area contributed by atoms with E-state index in [2.05, 4.69) is 0 Å². The molecule has 0 aliphatic heterocycles. The van der Waals surface area contributed by atoms with Crippen molar-refractivity contribution in [3.05, 3.63) is 34.9 Å². The van der Waals surface area contributed by atoms with Crippen molar-refractivity contribution in [1.82, 2.24) is 0 Å². The maximum atomic E-state index is 11.7. The molecule has 108 valence electrons. The molecule has 0 aliphatic carbocycles. The summed E-state index contributed by atoms with van der Waals surface area (Å²) in [6.07, 6.45) is 2.10. The van der Waals surface area contributed by atoms with Crippen LogP contribution in [0.2, 0.25) is 5.02 Å². The first-order chi connectivity index (χ1) is 8.96. The summed E-state index contributed by atoms with van der Waals surface area (Å²) < 4.78 is 23.4. The van der Waals surface area contributed by atoms with E-state index in [1.165, 1.54) is 0 Å². The number of sulfone groups is 1. The van der Waals surface area contributed by atoms with Crippen LogP contribution in [0.3, 0.4) is 0 Å². The first-order valence-corrected chi connectivity index (χ1v) is 8.81. The van der Waals surface area contributed by atoms with E-state index in [4.69, 9.17) is 17.3 Å². The molecule has 0 saturated heterocycles. The fourth-order valence-electron chi connectivity index (χ4n) is 2.02. The summed E-state index contributed by atoms with van der Waals surface area (Å²) >= 11 is 5.83. The van der Waals surface area contributed by atoms with Crippen LogP contribution in [0.15, 0.2) is 24.3 Å². The molecule has 0 aromatic heterocycles. The van der Waals surface area contributed by atoms with E-state index in [-0.39, 0.29) is 17.4 Å². The van der Waals surface area contributed by atoms with Gasteiger partial charge in [0, 0.05) is 10.8 Å². The summed E-state index contributed by atoms with van der Waals surface area (Å²) in [5.41, 5.74) is 6.88. The first kappa shape index (κ1) is 16.5. The number of halogens is 1. The topological polar surface area (TPSA) is 60.2 Å². The van der Waals surface area contributed by atoms with E-state index in [0.29, 0.717) is 24.4 Å². The predicted octanol–water partition coefficient (Wildman–Crippen LogP) is 2.67. The molecule has 1 rings (SSSR count). The lowest BCUT2D eigenvalue weighted by Crippen LogP contribution is -2.21. The highest BCUT2D eigenvalue weighted by Gasteiger charge is 2.14. The molecule has 1 atom stereocenters. The highest BCUT2D eigenvalue weighted by atomic mass is 35.5. The van der Waals surface area contributed by atoms with E-state index >= 15 is 0 Å². The maximum absolute atomic E-state index is 11.7. The number of benzene rings is 1. The Morgan fingerprint density at radius 2 is 1.84 bits per heavy atom. The summed E-state index contributed by atoms with van der Waals surface area (Å²) in [5, 5.41) is 0.707. The average Bonchev–Trinajstić information content (AvgIpc) is 2.36. The van der Waals surface area contributed by atoms with Crippen LogP contribution in [0.1, 0.15) is 25.3 Å². The van der Waals surface area contributed by atoms with Crippen LogP contribution in [-0.2, 0) is 16.3 Å². The molecule has 5 heteroatoms. The third kappa shape index (κ3) is 6.41. The van der Waals surface area contributed by atoms with Gasteiger partial charge in [0.05, 0.1) is 5.75 Å². The minimum atomic E-state index is -2.91. The van der Waals surface area contributed by atoms with Gasteiger partial charge in [-0.25, -0.2) is 8.42 Å². The molecule has 19 heavy (non-hydrogen) atoms. The Morgan fingerprint density at radius 1 is 1.21 bits per heavy atom. The molecule has 0 bridgehead atoms. The lowest BCUT2D eigenvalue weighted by Gasteiger charge is -2.14. The van der Waals surface area contributed by atoms with Gasteiger partial charge in [0.25, 0.3) is 0 Å². The van der Waals surface area contributed by atoms with Crippen LogP contribution in [0.4, 0.5) is 0 Å². The molecule has 0 heterocycles. The fourth-order valence-corrected chi connectivity index (χ4v) is 3.66. The summed E-state index contributed by atoms with van der Waals surface area (Å²) in [7, 11) is -2.91. The van der Waals surface area contributed by atoms with Crippen LogP contribution in [-0.4, -0.2) is 26.5 Å². The Kier molecular flexibility index (Phi) is 6.83. The van der Waals surface area contributed by atoms with E-state index < -0.39 is 9.84 Å². The monoisotopic (exact) mass is 303 g/mol. The lowest BCUT2D eigenvalue weighted by molar-refractivity contribution is 0.511. The quantitative estimate of drug-likeness (QED) is 0.803. The van der Waals surface area contributed by atoms with Crippen molar-refractivity contribution in [3.63, 3.8) is 0 Å². The van der Waals surface area contributed by atoms with Crippen molar-refractivity contribution in [1.29, 1.82) is 0 Å². The van der Waals surface area contributed by atoms with Crippen molar-refractivity contribution >= 4 is 21.4 Å². The molecule has 0 radical (unpaired) electrons. The Balaban J connectivity index is 2.52. The largest absolute Gasteiger partial charge is 0.330 e. The number of hydrogen-bond donors (Lipinski definition) is 1. The van der Waals surface area contributed by atoms with Crippen LogP contribution >= 0.6 is 11.6 Å². The third-order valence-corrected chi connectivity index (χ3v) is 5.26. The molecular weight excluding hydrogens is 282 g/mol. The summed E-state index contributed by atoms with van der Waals surface area (Å²) in [5.74, 6) is 0.703. The predicted molar refractivity (Wildman–Crippen MR) is 81.3 cm³/mol. The smallest absolute Gasteiger partial charge is 0.150 e. The van der Waals surface area contributed by atoms with Crippen LogP contribution in [0, 0.1) is 5.92 Å². The first-order valence-electron chi connectivity index (χ1n) is 6.61.